The summed E-state index contributed by atoms with van der Waals surface area (Å²) in [5.41, 5.74) is 3.46. The number of hydrogen-bond acceptors (Lipinski definition) is 5. The summed E-state index contributed by atoms with van der Waals surface area (Å²) in [5.74, 6) is -0.368. The lowest BCUT2D eigenvalue weighted by Crippen LogP contribution is -2.39. The van der Waals surface area contributed by atoms with E-state index in [1.165, 1.54) is 23.3 Å². The lowest BCUT2D eigenvalue weighted by atomic mass is 10.2. The number of aromatic nitrogens is 1. The zero-order chi connectivity index (χ0) is 17.6. The Kier molecular flexibility index (Phi) is 4.66. The minimum atomic E-state index is -0.535. The van der Waals surface area contributed by atoms with Crippen molar-refractivity contribution in [1.29, 1.82) is 0 Å². The van der Waals surface area contributed by atoms with Crippen molar-refractivity contribution in [2.75, 3.05) is 5.01 Å². The van der Waals surface area contributed by atoms with Crippen molar-refractivity contribution in [3.8, 4) is 0 Å². The van der Waals surface area contributed by atoms with Crippen LogP contribution in [0.2, 0.25) is 0 Å². The Morgan fingerprint density at radius 1 is 0.960 bits per heavy atom. The molecule has 124 valence electrons. The van der Waals surface area contributed by atoms with Crippen molar-refractivity contribution in [3.63, 3.8) is 0 Å². The summed E-state index contributed by atoms with van der Waals surface area (Å²) >= 11 is 0. The molecule has 0 unspecified atom stereocenters. The van der Waals surface area contributed by atoms with Gasteiger partial charge in [0, 0.05) is 17.8 Å². The molecule has 0 fully saturated rings. The molecule has 2 aromatic carbocycles. The van der Waals surface area contributed by atoms with Crippen LogP contribution >= 0.6 is 0 Å². The molecule has 7 nitrogen and oxygen atoms in total. The van der Waals surface area contributed by atoms with Gasteiger partial charge < -0.3 is 0 Å². The molecule has 1 amide bonds. The van der Waals surface area contributed by atoms with Crippen LogP contribution in [0.1, 0.15) is 10.4 Å². The molecule has 0 atom stereocenters. The SMILES string of the molecule is O=C(NN(c1ccccc1)c1ncccc1[N+](=O)[O-])c1ccccc1. The van der Waals surface area contributed by atoms with Gasteiger partial charge in [0.25, 0.3) is 5.91 Å². The van der Waals surface area contributed by atoms with Gasteiger partial charge in [0.1, 0.15) is 0 Å². The van der Waals surface area contributed by atoms with E-state index in [2.05, 4.69) is 10.4 Å². The van der Waals surface area contributed by atoms with E-state index in [9.17, 15) is 14.9 Å². The highest BCUT2D eigenvalue weighted by Gasteiger charge is 2.24. The molecule has 1 N–H and O–H groups in total. The van der Waals surface area contributed by atoms with Gasteiger partial charge in [-0.1, -0.05) is 36.4 Å². The number of anilines is 2. The third kappa shape index (κ3) is 3.61. The number of para-hydroxylation sites is 1. The van der Waals surface area contributed by atoms with Crippen LogP contribution in [0.4, 0.5) is 17.2 Å². The number of hydrazine groups is 1. The highest BCUT2D eigenvalue weighted by Crippen LogP contribution is 2.29. The highest BCUT2D eigenvalue weighted by molar-refractivity contribution is 5.96. The van der Waals surface area contributed by atoms with Crippen LogP contribution in [-0.2, 0) is 0 Å². The molecule has 0 radical (unpaired) electrons. The van der Waals surface area contributed by atoms with E-state index < -0.39 is 10.8 Å². The molecule has 3 rings (SSSR count). The first-order valence-electron chi connectivity index (χ1n) is 7.47. The minimum Gasteiger partial charge on any atom is -0.267 e. The van der Waals surface area contributed by atoms with Gasteiger partial charge in [-0.15, -0.1) is 0 Å². The number of pyridine rings is 1. The van der Waals surface area contributed by atoms with Crippen molar-refractivity contribution in [2.45, 2.75) is 0 Å². The maximum atomic E-state index is 12.5. The van der Waals surface area contributed by atoms with Gasteiger partial charge in [-0.05, 0) is 30.3 Å². The number of nitrogens with zero attached hydrogens (tertiary/aromatic N) is 3. The van der Waals surface area contributed by atoms with Crippen molar-refractivity contribution < 1.29 is 9.72 Å². The van der Waals surface area contributed by atoms with Gasteiger partial charge in [0.05, 0.1) is 10.6 Å². The summed E-state index contributed by atoms with van der Waals surface area (Å²) in [6.45, 7) is 0. The van der Waals surface area contributed by atoms with Crippen LogP contribution in [-0.4, -0.2) is 15.8 Å². The average molecular weight is 334 g/mol. The van der Waals surface area contributed by atoms with Crippen LogP contribution in [0.25, 0.3) is 0 Å². The maximum absolute atomic E-state index is 12.5. The lowest BCUT2D eigenvalue weighted by molar-refractivity contribution is -0.384. The predicted octanol–water partition coefficient (Wildman–Crippen LogP) is 3.47. The van der Waals surface area contributed by atoms with E-state index in [1.807, 2.05) is 6.07 Å². The van der Waals surface area contributed by atoms with Gasteiger partial charge in [0.2, 0.25) is 5.82 Å². The number of benzene rings is 2. The molecule has 0 aliphatic rings. The largest absolute Gasteiger partial charge is 0.313 e. The summed E-state index contributed by atoms with van der Waals surface area (Å²) in [7, 11) is 0. The molecule has 3 aromatic rings. The Bertz CT molecular complexity index is 885. The van der Waals surface area contributed by atoms with E-state index in [-0.39, 0.29) is 11.5 Å². The number of nitrogens with one attached hydrogen (secondary N) is 1. The molecule has 0 bridgehead atoms. The zero-order valence-corrected chi connectivity index (χ0v) is 13.1. The number of carbonyl (C=O) groups excluding carboxylic acids is 1. The number of carbonyl (C=O) groups is 1. The first-order chi connectivity index (χ1) is 12.2. The normalized spacial score (nSPS) is 10.1. The molecule has 1 heterocycles. The summed E-state index contributed by atoms with van der Waals surface area (Å²) in [4.78, 5) is 27.4. The van der Waals surface area contributed by atoms with Crippen molar-refractivity contribution in [2.24, 2.45) is 0 Å². The van der Waals surface area contributed by atoms with E-state index in [0.717, 1.165) is 0 Å². The van der Waals surface area contributed by atoms with Crippen LogP contribution in [0.3, 0.4) is 0 Å². The molecule has 1 aromatic heterocycles. The molecule has 0 saturated heterocycles. The van der Waals surface area contributed by atoms with Crippen molar-refractivity contribution in [3.05, 3.63) is 94.7 Å². The second kappa shape index (κ2) is 7.22. The lowest BCUT2D eigenvalue weighted by Gasteiger charge is -2.24. The average Bonchev–Trinajstić information content (AvgIpc) is 2.67. The van der Waals surface area contributed by atoms with E-state index in [4.69, 9.17) is 0 Å². The molecule has 7 heteroatoms. The van der Waals surface area contributed by atoms with Crippen molar-refractivity contribution in [1.82, 2.24) is 10.4 Å². The summed E-state index contributed by atoms with van der Waals surface area (Å²) in [6, 6.07) is 20.2. The summed E-state index contributed by atoms with van der Waals surface area (Å²) in [5, 5.41) is 12.7. The highest BCUT2D eigenvalue weighted by atomic mass is 16.6. The van der Waals surface area contributed by atoms with E-state index >= 15 is 0 Å². The smallest absolute Gasteiger partial charge is 0.267 e. The summed E-state index contributed by atoms with van der Waals surface area (Å²) < 4.78 is 0. The minimum absolute atomic E-state index is 0.0305. The topological polar surface area (TPSA) is 88.4 Å². The fourth-order valence-corrected chi connectivity index (χ4v) is 2.28. The van der Waals surface area contributed by atoms with Crippen LogP contribution in [0.5, 0.6) is 0 Å². The third-order valence-corrected chi connectivity index (χ3v) is 3.44. The summed E-state index contributed by atoms with van der Waals surface area (Å²) in [6.07, 6.45) is 1.44. The Hall–Kier alpha value is -3.74. The van der Waals surface area contributed by atoms with Crippen LogP contribution in [0, 0.1) is 10.1 Å². The second-order valence-electron chi connectivity index (χ2n) is 5.08. The molecule has 25 heavy (non-hydrogen) atoms. The molecule has 0 aliphatic carbocycles. The first-order valence-corrected chi connectivity index (χ1v) is 7.47. The Morgan fingerprint density at radius 2 is 1.60 bits per heavy atom. The number of nitro groups is 1. The van der Waals surface area contributed by atoms with Crippen molar-refractivity contribution >= 4 is 23.1 Å². The van der Waals surface area contributed by atoms with E-state index in [0.29, 0.717) is 11.3 Å². The molecular formula is C18H14N4O3. The number of amides is 1. The number of rotatable bonds is 5. The second-order valence-corrected chi connectivity index (χ2v) is 5.08. The zero-order valence-electron chi connectivity index (χ0n) is 13.1. The van der Waals surface area contributed by atoms with Crippen LogP contribution < -0.4 is 10.4 Å². The van der Waals surface area contributed by atoms with Gasteiger partial charge in [-0.3, -0.25) is 20.3 Å². The van der Waals surface area contributed by atoms with Gasteiger partial charge in [-0.2, -0.15) is 0 Å². The van der Waals surface area contributed by atoms with Gasteiger partial charge >= 0.3 is 5.69 Å². The standard InChI is InChI=1S/C18H14N4O3/c23-18(14-8-3-1-4-9-14)20-21(15-10-5-2-6-11-15)17-16(22(24)25)12-7-13-19-17/h1-13H,(H,20,23). The monoisotopic (exact) mass is 334 g/mol. The molecule has 0 spiro atoms. The van der Waals surface area contributed by atoms with Gasteiger partial charge in [-0.25, -0.2) is 9.99 Å². The number of hydrogen-bond donors (Lipinski definition) is 1. The Balaban J connectivity index is 2.03. The Morgan fingerprint density at radius 3 is 2.24 bits per heavy atom. The third-order valence-electron chi connectivity index (χ3n) is 3.44. The predicted molar refractivity (Wildman–Crippen MR) is 93.4 cm³/mol. The van der Waals surface area contributed by atoms with E-state index in [1.54, 1.807) is 54.6 Å². The maximum Gasteiger partial charge on any atom is 0.313 e. The first kappa shape index (κ1) is 16.1. The molecule has 0 aliphatic heterocycles. The molecular weight excluding hydrogens is 320 g/mol. The quantitative estimate of drug-likeness (QED) is 0.570. The molecule has 0 saturated carbocycles. The Labute approximate surface area is 143 Å². The van der Waals surface area contributed by atoms with Crippen LogP contribution in [0.15, 0.2) is 79.0 Å². The van der Waals surface area contributed by atoms with Gasteiger partial charge in [0.15, 0.2) is 0 Å². The fourth-order valence-electron chi connectivity index (χ4n) is 2.28. The fraction of sp³-hybridized carbons (Fsp3) is 0.